The topological polar surface area (TPSA) is 91.3 Å². The number of carbonyl (C=O) groups excluding carboxylic acids is 1. The van der Waals surface area contributed by atoms with Crippen LogP contribution in [-0.2, 0) is 26.3 Å². The predicted molar refractivity (Wildman–Crippen MR) is 211 cm³/mol. The number of aliphatic hydroxyl groups is 1. The highest BCUT2D eigenvalue weighted by Gasteiger charge is 2.48. The number of benzene rings is 2. The zero-order valence-electron chi connectivity index (χ0n) is 31.0. The van der Waals surface area contributed by atoms with Gasteiger partial charge in [-0.15, -0.1) is 5.92 Å². The monoisotopic (exact) mass is 749 g/mol. The Bertz CT molecular complexity index is 1800. The first-order chi connectivity index (χ1) is 25.0. The quantitative estimate of drug-likeness (QED) is 0.218. The van der Waals surface area contributed by atoms with Gasteiger partial charge in [-0.2, -0.15) is 0 Å². The Labute approximate surface area is 316 Å². The first-order valence-corrected chi connectivity index (χ1v) is 21.6. The van der Waals surface area contributed by atoms with Crippen LogP contribution < -0.4 is 14.4 Å². The zero-order valence-corrected chi connectivity index (χ0v) is 32.5. The molecular formula is C42H56ClN3O5S. The molecule has 2 bridgehead atoms. The maximum atomic E-state index is 13.9. The molecule has 8 nitrogen and oxygen atoms in total. The molecular weight excluding hydrogens is 694 g/mol. The molecule has 52 heavy (non-hydrogen) atoms. The van der Waals surface area contributed by atoms with Crippen molar-refractivity contribution in [3.05, 3.63) is 58.1 Å². The number of morpholine rings is 1. The molecule has 0 radical (unpaired) electrons. The maximum absolute atomic E-state index is 13.9. The van der Waals surface area contributed by atoms with E-state index < -0.39 is 15.3 Å². The third-order valence-corrected chi connectivity index (χ3v) is 15.3. The first kappa shape index (κ1) is 37.6. The number of unbranched alkanes of at least 4 members (excludes halogenated alkanes) is 1. The van der Waals surface area contributed by atoms with Crippen molar-refractivity contribution in [3.63, 3.8) is 0 Å². The Kier molecular flexibility index (Phi) is 11.2. The summed E-state index contributed by atoms with van der Waals surface area (Å²) in [5, 5.41) is 12.9. The molecule has 1 unspecified atom stereocenters. The van der Waals surface area contributed by atoms with Gasteiger partial charge in [0.05, 0.1) is 35.2 Å². The van der Waals surface area contributed by atoms with E-state index in [1.807, 2.05) is 25.1 Å². The molecule has 1 amide bonds. The number of nitrogens with zero attached hydrogens (tertiary/aromatic N) is 2. The van der Waals surface area contributed by atoms with Gasteiger partial charge in [-0.25, -0.2) is 4.21 Å². The molecule has 3 aliphatic heterocycles. The lowest BCUT2D eigenvalue weighted by Crippen LogP contribution is -2.52. The highest BCUT2D eigenvalue weighted by Crippen LogP contribution is 2.49. The van der Waals surface area contributed by atoms with E-state index in [2.05, 4.69) is 51.3 Å². The van der Waals surface area contributed by atoms with Crippen molar-refractivity contribution in [2.45, 2.75) is 94.3 Å². The number of amides is 1. The summed E-state index contributed by atoms with van der Waals surface area (Å²) in [5.41, 5.74) is 2.48. The average Bonchev–Trinajstić information content (AvgIpc) is 3.26. The molecule has 282 valence electrons. The van der Waals surface area contributed by atoms with Crippen LogP contribution in [-0.4, -0.2) is 89.4 Å². The SMILES string of the molecule is C=S1(=O)NC(=O)c2ccc3c(c2)N(C[C@@H]2CC[C@H]2[C@](O)(C#CCCCN2CCOCC2)CCC[C@H](C)[C@H]1C)C[C@@]1(CCCc2cc(Cl)ccc21)CO3. The lowest BCUT2D eigenvalue weighted by Gasteiger charge is -2.48. The number of fused-ring (bicyclic) bond motifs is 4. The fraction of sp³-hybridized carbons (Fsp3) is 0.619. The van der Waals surface area contributed by atoms with Crippen molar-refractivity contribution in [1.82, 2.24) is 9.62 Å². The second-order valence-electron chi connectivity index (χ2n) is 16.2. The van der Waals surface area contributed by atoms with Gasteiger partial charge >= 0.3 is 0 Å². The van der Waals surface area contributed by atoms with Crippen LogP contribution in [0.3, 0.4) is 0 Å². The Morgan fingerprint density at radius 2 is 1.92 bits per heavy atom. The van der Waals surface area contributed by atoms with Crippen molar-refractivity contribution >= 4 is 38.8 Å². The van der Waals surface area contributed by atoms with Gasteiger partial charge in [-0.3, -0.25) is 14.4 Å². The van der Waals surface area contributed by atoms with Gasteiger partial charge in [0.15, 0.2) is 0 Å². The number of anilines is 1. The van der Waals surface area contributed by atoms with Crippen molar-refractivity contribution in [2.75, 3.05) is 57.4 Å². The van der Waals surface area contributed by atoms with Crippen LogP contribution in [0.5, 0.6) is 5.75 Å². The zero-order chi connectivity index (χ0) is 36.5. The summed E-state index contributed by atoms with van der Waals surface area (Å²) >= 11 is 6.49. The summed E-state index contributed by atoms with van der Waals surface area (Å²) in [7, 11) is -2.96. The molecule has 7 rings (SSSR count). The Morgan fingerprint density at radius 1 is 1.10 bits per heavy atom. The fourth-order valence-electron chi connectivity index (χ4n) is 9.34. The lowest BCUT2D eigenvalue weighted by atomic mass is 9.63. The second kappa shape index (κ2) is 15.5. The number of halogens is 1. The predicted octanol–water partition coefficient (Wildman–Crippen LogP) is 6.26. The summed E-state index contributed by atoms with van der Waals surface area (Å²) in [6, 6.07) is 11.8. The summed E-state index contributed by atoms with van der Waals surface area (Å²) in [6.07, 6.45) is 8.73. The minimum Gasteiger partial charge on any atom is -0.490 e. The third kappa shape index (κ3) is 7.88. The van der Waals surface area contributed by atoms with Gasteiger partial charge in [0.25, 0.3) is 5.91 Å². The largest absolute Gasteiger partial charge is 0.490 e. The molecule has 3 heterocycles. The molecule has 10 heteroatoms. The van der Waals surface area contributed by atoms with E-state index in [-0.39, 0.29) is 34.3 Å². The molecule has 2 aliphatic carbocycles. The van der Waals surface area contributed by atoms with E-state index in [1.165, 1.54) is 11.1 Å². The summed E-state index contributed by atoms with van der Waals surface area (Å²) in [5.74, 6) is 11.6. The number of nitrogens with one attached hydrogen (secondary N) is 1. The number of rotatable bonds is 3. The normalized spacial score (nSPS) is 34.0. The van der Waals surface area contributed by atoms with Gasteiger partial charge in [0, 0.05) is 59.8 Å². The number of hydrogen-bond donors (Lipinski definition) is 2. The minimum atomic E-state index is -2.96. The smallest absolute Gasteiger partial charge is 0.262 e. The molecule has 1 saturated heterocycles. The lowest BCUT2D eigenvalue weighted by molar-refractivity contribution is -0.0448. The van der Waals surface area contributed by atoms with Crippen molar-refractivity contribution in [2.24, 2.45) is 17.8 Å². The molecule has 1 saturated carbocycles. The van der Waals surface area contributed by atoms with Crippen LogP contribution in [0, 0.1) is 29.6 Å². The average molecular weight is 750 g/mol. The standard InChI is InChI=1S/C42H56ClN3O5S/c1-30-9-7-19-42(48,18-5-4-6-20-45-21-23-50-24-22-45)37-14-11-34(37)27-46-28-41(17-8-10-32-25-35(43)13-15-36(32)41)29-51-39-16-12-33(26-38(39)46)40(47)44-52(3,49)31(30)2/h12-13,15-16,25-26,30-31,34,37,48H,3-4,6-11,14,17,19-24,27-29H2,1-2H3,(H,44,47,49)/t30-,31+,34-,37+,41-,42-,52?/m0/s1. The number of carbonyl (C=O) groups is 1. The molecule has 5 aliphatic rings. The minimum absolute atomic E-state index is 0.0292. The summed E-state index contributed by atoms with van der Waals surface area (Å²) in [6.45, 7) is 10.4. The van der Waals surface area contributed by atoms with E-state index in [9.17, 15) is 14.1 Å². The first-order valence-electron chi connectivity index (χ1n) is 19.5. The maximum Gasteiger partial charge on any atom is 0.262 e. The third-order valence-electron chi connectivity index (χ3n) is 12.9. The van der Waals surface area contributed by atoms with Crippen molar-refractivity contribution in [1.29, 1.82) is 0 Å². The van der Waals surface area contributed by atoms with E-state index in [1.54, 1.807) is 6.07 Å². The van der Waals surface area contributed by atoms with Crippen molar-refractivity contribution in [3.8, 4) is 17.6 Å². The molecule has 2 aromatic rings. The van der Waals surface area contributed by atoms with Gasteiger partial charge < -0.3 is 19.5 Å². The number of aryl methyl sites for hydroxylation is 1. The van der Waals surface area contributed by atoms with Gasteiger partial charge in [0.2, 0.25) is 0 Å². The number of hydrogen-bond acceptors (Lipinski definition) is 7. The van der Waals surface area contributed by atoms with Crippen LogP contribution in [0.1, 0.15) is 93.1 Å². The second-order valence-corrected chi connectivity index (χ2v) is 19.1. The van der Waals surface area contributed by atoms with E-state index in [0.29, 0.717) is 18.6 Å². The van der Waals surface area contributed by atoms with E-state index in [4.69, 9.17) is 21.1 Å². The molecule has 2 aromatic carbocycles. The summed E-state index contributed by atoms with van der Waals surface area (Å²) in [4.78, 5) is 18.6. The molecule has 0 aromatic heterocycles. The highest BCUT2D eigenvalue weighted by molar-refractivity contribution is 7.99. The van der Waals surface area contributed by atoms with Crippen molar-refractivity contribution < 1.29 is 23.6 Å². The molecule has 1 spiro atoms. The van der Waals surface area contributed by atoms with Crippen LogP contribution in [0.2, 0.25) is 5.02 Å². The summed E-state index contributed by atoms with van der Waals surface area (Å²) < 4.78 is 29.0. The molecule has 2 N–H and O–H groups in total. The van der Waals surface area contributed by atoms with Crippen LogP contribution >= 0.6 is 11.6 Å². The Hall–Kier alpha value is -2.74. The fourth-order valence-corrected chi connectivity index (χ4v) is 11.0. The van der Waals surface area contributed by atoms with Gasteiger partial charge in [-0.05, 0) is 130 Å². The molecule has 2 fully saturated rings. The van der Waals surface area contributed by atoms with Crippen LogP contribution in [0.15, 0.2) is 36.4 Å². The highest BCUT2D eigenvalue weighted by atomic mass is 35.5. The Balaban J connectivity index is 1.23. The van der Waals surface area contributed by atoms with Crippen LogP contribution in [0.25, 0.3) is 0 Å². The van der Waals surface area contributed by atoms with Crippen LogP contribution in [0.4, 0.5) is 5.69 Å². The number of ether oxygens (including phenoxy) is 2. The van der Waals surface area contributed by atoms with Gasteiger partial charge in [-0.1, -0.05) is 30.5 Å². The van der Waals surface area contributed by atoms with Gasteiger partial charge in [0.1, 0.15) is 11.4 Å². The van der Waals surface area contributed by atoms with E-state index in [0.717, 1.165) is 120 Å². The molecule has 7 atom stereocenters. The van der Waals surface area contributed by atoms with E-state index >= 15 is 0 Å². The Morgan fingerprint density at radius 3 is 2.71 bits per heavy atom.